The number of imide groups is 1. The van der Waals surface area contributed by atoms with E-state index in [1.165, 1.54) is 11.1 Å². The quantitative estimate of drug-likeness (QED) is 0.412. The van der Waals surface area contributed by atoms with Crippen molar-refractivity contribution in [3.05, 3.63) is 71.2 Å². The number of benzene rings is 2. The molecule has 36 heavy (non-hydrogen) atoms. The molecule has 2 unspecified atom stereocenters. The van der Waals surface area contributed by atoms with E-state index in [1.54, 1.807) is 43.3 Å². The Hall–Kier alpha value is -3.51. The standard InChI is InChI=1S/C27H22ClN3O5/c1-26-20(32)13-27(36-26,11-12-35-21-10-7-15(28)14-30-21)23-22(26)24(33)31(25(23)34)19-9-8-18(29-2)16-5-3-4-6-17(16)19/h3-10,14,20,22-23,32H,11-13H2,1H3/t20-,22-,23+,26?,27?/m1/s1. The van der Waals surface area contributed by atoms with Crippen LogP contribution in [0.25, 0.3) is 15.6 Å². The molecule has 1 N–H and O–H groups in total. The minimum atomic E-state index is -1.18. The van der Waals surface area contributed by atoms with Crippen molar-refractivity contribution in [2.45, 2.75) is 37.1 Å². The summed E-state index contributed by atoms with van der Waals surface area (Å²) in [6.07, 6.45) is 1.11. The van der Waals surface area contributed by atoms with Gasteiger partial charge in [-0.2, -0.15) is 0 Å². The molecule has 3 aromatic rings. The van der Waals surface area contributed by atoms with Crippen molar-refractivity contribution in [2.24, 2.45) is 11.8 Å². The number of ether oxygens (including phenoxy) is 2. The second-order valence-corrected chi connectivity index (χ2v) is 10.1. The molecule has 6 rings (SSSR count). The van der Waals surface area contributed by atoms with Gasteiger partial charge in [0.1, 0.15) is 5.60 Å². The smallest absolute Gasteiger partial charge is 0.240 e. The summed E-state index contributed by atoms with van der Waals surface area (Å²) in [6.45, 7) is 9.36. The largest absolute Gasteiger partial charge is 0.478 e. The van der Waals surface area contributed by atoms with Gasteiger partial charge >= 0.3 is 0 Å². The third-order valence-corrected chi connectivity index (χ3v) is 8.05. The first-order valence-corrected chi connectivity index (χ1v) is 12.1. The second kappa shape index (κ2) is 8.00. The van der Waals surface area contributed by atoms with Gasteiger partial charge in [-0.05, 0) is 29.8 Å². The molecule has 4 heterocycles. The molecule has 182 valence electrons. The first kappa shape index (κ1) is 22.9. The normalized spacial score (nSPS) is 30.6. The van der Waals surface area contributed by atoms with Crippen LogP contribution in [0.3, 0.4) is 0 Å². The fraction of sp³-hybridized carbons (Fsp3) is 0.333. The molecular formula is C27H22ClN3O5. The lowest BCUT2D eigenvalue weighted by atomic mass is 9.66. The Kier molecular flexibility index (Phi) is 5.09. The van der Waals surface area contributed by atoms with Crippen LogP contribution in [0.15, 0.2) is 54.7 Å². The number of aromatic nitrogens is 1. The average molecular weight is 504 g/mol. The molecule has 2 aromatic carbocycles. The van der Waals surface area contributed by atoms with Crippen LogP contribution >= 0.6 is 11.6 Å². The first-order chi connectivity index (χ1) is 17.3. The Labute approximate surface area is 212 Å². The van der Waals surface area contributed by atoms with E-state index in [2.05, 4.69) is 9.83 Å². The molecule has 8 nitrogen and oxygen atoms in total. The summed E-state index contributed by atoms with van der Waals surface area (Å²) in [5.74, 6) is -1.94. The highest BCUT2D eigenvalue weighted by atomic mass is 35.5. The molecule has 5 atom stereocenters. The van der Waals surface area contributed by atoms with Gasteiger partial charge in [-0.3, -0.25) is 9.59 Å². The lowest BCUT2D eigenvalue weighted by molar-refractivity contribution is -0.134. The molecule has 0 radical (unpaired) electrons. The van der Waals surface area contributed by atoms with Crippen molar-refractivity contribution >= 4 is 45.6 Å². The highest BCUT2D eigenvalue weighted by molar-refractivity contribution is 6.30. The number of halogens is 1. The lowest BCUT2D eigenvalue weighted by Crippen LogP contribution is -2.49. The maximum atomic E-state index is 13.9. The summed E-state index contributed by atoms with van der Waals surface area (Å²) >= 11 is 5.88. The number of pyridine rings is 1. The summed E-state index contributed by atoms with van der Waals surface area (Å²) in [7, 11) is 0. The summed E-state index contributed by atoms with van der Waals surface area (Å²) in [6, 6.07) is 13.8. The zero-order chi connectivity index (χ0) is 25.2. The fourth-order valence-electron chi connectivity index (χ4n) is 6.20. The van der Waals surface area contributed by atoms with Crippen LogP contribution in [-0.4, -0.2) is 45.8 Å². The van der Waals surface area contributed by atoms with Crippen LogP contribution in [-0.2, 0) is 14.3 Å². The SMILES string of the molecule is [C-]#[N+]c1ccc(N2C(=O)[C@@H]3[C@H](C2=O)C2(C)OC3(CCOc3ccc(Cl)cn3)C[C@H]2O)c2ccccc12. The molecular weight excluding hydrogens is 482 g/mol. The topological polar surface area (TPSA) is 93.3 Å². The van der Waals surface area contributed by atoms with Crippen LogP contribution in [0.1, 0.15) is 19.8 Å². The third-order valence-electron chi connectivity index (χ3n) is 7.83. The summed E-state index contributed by atoms with van der Waals surface area (Å²) in [4.78, 5) is 36.7. The Balaban J connectivity index is 1.35. The Morgan fingerprint density at radius 2 is 1.92 bits per heavy atom. The number of amides is 2. The number of carbonyl (C=O) groups excluding carboxylic acids is 2. The average Bonchev–Trinajstić information content (AvgIpc) is 3.41. The predicted octanol–water partition coefficient (Wildman–Crippen LogP) is 4.31. The van der Waals surface area contributed by atoms with Gasteiger partial charge in [0.2, 0.25) is 17.7 Å². The van der Waals surface area contributed by atoms with E-state index in [-0.39, 0.29) is 18.9 Å². The number of anilines is 1. The zero-order valence-electron chi connectivity index (χ0n) is 19.3. The van der Waals surface area contributed by atoms with Gasteiger partial charge < -0.3 is 14.6 Å². The molecule has 3 fully saturated rings. The first-order valence-electron chi connectivity index (χ1n) is 11.7. The number of aliphatic hydroxyl groups excluding tert-OH is 1. The maximum Gasteiger partial charge on any atom is 0.240 e. The molecule has 0 aliphatic carbocycles. The van der Waals surface area contributed by atoms with E-state index in [4.69, 9.17) is 27.6 Å². The van der Waals surface area contributed by atoms with Gasteiger partial charge in [0.25, 0.3) is 0 Å². The van der Waals surface area contributed by atoms with Gasteiger partial charge in [-0.15, -0.1) is 0 Å². The Bertz CT molecular complexity index is 1450. The van der Waals surface area contributed by atoms with Crippen LogP contribution in [0, 0.1) is 18.4 Å². The molecule has 3 saturated heterocycles. The van der Waals surface area contributed by atoms with E-state index >= 15 is 0 Å². The van der Waals surface area contributed by atoms with Crippen molar-refractivity contribution in [2.75, 3.05) is 11.5 Å². The fourth-order valence-corrected chi connectivity index (χ4v) is 6.31. The van der Waals surface area contributed by atoms with Crippen LogP contribution in [0.5, 0.6) is 5.88 Å². The Morgan fingerprint density at radius 1 is 1.17 bits per heavy atom. The number of nitrogens with zero attached hydrogens (tertiary/aromatic N) is 3. The van der Waals surface area contributed by atoms with Crippen molar-refractivity contribution < 1.29 is 24.2 Å². The van der Waals surface area contributed by atoms with Gasteiger partial charge in [-0.1, -0.05) is 41.9 Å². The molecule has 2 amide bonds. The predicted molar refractivity (Wildman–Crippen MR) is 132 cm³/mol. The zero-order valence-corrected chi connectivity index (χ0v) is 20.1. The minimum Gasteiger partial charge on any atom is -0.478 e. The monoisotopic (exact) mass is 503 g/mol. The molecule has 0 spiro atoms. The summed E-state index contributed by atoms with van der Waals surface area (Å²) in [5, 5.41) is 12.7. The maximum absolute atomic E-state index is 13.9. The highest BCUT2D eigenvalue weighted by Gasteiger charge is 2.77. The van der Waals surface area contributed by atoms with E-state index in [9.17, 15) is 14.7 Å². The van der Waals surface area contributed by atoms with Crippen molar-refractivity contribution in [1.82, 2.24) is 4.98 Å². The van der Waals surface area contributed by atoms with Crippen LogP contribution < -0.4 is 9.64 Å². The number of rotatable bonds is 5. The van der Waals surface area contributed by atoms with Crippen LogP contribution in [0.4, 0.5) is 11.4 Å². The number of hydrogen-bond acceptors (Lipinski definition) is 6. The van der Waals surface area contributed by atoms with E-state index in [1.807, 2.05) is 12.1 Å². The van der Waals surface area contributed by atoms with E-state index in [0.29, 0.717) is 39.5 Å². The molecule has 1 aromatic heterocycles. The Morgan fingerprint density at radius 3 is 2.64 bits per heavy atom. The van der Waals surface area contributed by atoms with Crippen molar-refractivity contribution in [3.63, 3.8) is 0 Å². The van der Waals surface area contributed by atoms with Gasteiger partial charge in [0, 0.05) is 25.1 Å². The van der Waals surface area contributed by atoms with Gasteiger partial charge in [-0.25, -0.2) is 14.7 Å². The minimum absolute atomic E-state index is 0.185. The van der Waals surface area contributed by atoms with E-state index in [0.717, 1.165) is 0 Å². The number of fused-ring (bicyclic) bond motifs is 6. The molecule has 9 heteroatoms. The summed E-state index contributed by atoms with van der Waals surface area (Å²) in [5.41, 5.74) is -1.34. The molecule has 2 bridgehead atoms. The van der Waals surface area contributed by atoms with Crippen LogP contribution in [0.2, 0.25) is 5.02 Å². The molecule has 3 aliphatic heterocycles. The summed E-state index contributed by atoms with van der Waals surface area (Å²) < 4.78 is 12.1. The van der Waals surface area contributed by atoms with Crippen molar-refractivity contribution in [3.8, 4) is 5.88 Å². The van der Waals surface area contributed by atoms with Gasteiger partial charge in [0.15, 0.2) is 5.69 Å². The number of carbonyl (C=O) groups is 2. The molecule has 0 saturated carbocycles. The lowest BCUT2D eigenvalue weighted by Gasteiger charge is -2.33. The highest BCUT2D eigenvalue weighted by Crippen LogP contribution is 2.62. The molecule has 3 aliphatic rings. The van der Waals surface area contributed by atoms with Gasteiger partial charge in [0.05, 0.1) is 47.4 Å². The number of aliphatic hydroxyl groups is 1. The second-order valence-electron chi connectivity index (χ2n) is 9.71. The van der Waals surface area contributed by atoms with E-state index < -0.39 is 35.0 Å². The number of hydrogen-bond donors (Lipinski definition) is 1. The third kappa shape index (κ3) is 3.10. The van der Waals surface area contributed by atoms with Crippen molar-refractivity contribution in [1.29, 1.82) is 0 Å².